The molecule has 4 rings (SSSR count). The SMILES string of the molecule is CCCCc1nc2ccc(Br)cc2c(=O)n1N=Cc1cc(Cl)c(OCC(=O)N2CCOCC2)c(Cl)c1. The van der Waals surface area contributed by atoms with Gasteiger partial charge in [-0.25, -0.2) is 4.98 Å². The van der Waals surface area contributed by atoms with Crippen LogP contribution < -0.4 is 10.3 Å². The standard InChI is InChI=1S/C25H25BrCl2N4O4/c1-2-3-4-22-30-21-6-5-17(26)13-18(21)25(34)32(22)29-14-16-11-19(27)24(20(28)12-16)36-15-23(33)31-7-9-35-10-8-31/h5-6,11-14H,2-4,7-10,15H2,1H3. The predicted octanol–water partition coefficient (Wildman–Crippen LogP) is 4.93. The highest BCUT2D eigenvalue weighted by molar-refractivity contribution is 9.10. The lowest BCUT2D eigenvalue weighted by Crippen LogP contribution is -2.43. The Morgan fingerprint density at radius 3 is 2.64 bits per heavy atom. The van der Waals surface area contributed by atoms with Crippen molar-refractivity contribution in [3.8, 4) is 5.75 Å². The number of morpholine rings is 1. The minimum atomic E-state index is -0.262. The van der Waals surface area contributed by atoms with E-state index in [1.165, 1.54) is 10.9 Å². The third-order valence-electron chi connectivity index (χ3n) is 5.68. The molecule has 1 aliphatic rings. The Morgan fingerprint density at radius 2 is 1.94 bits per heavy atom. The highest BCUT2D eigenvalue weighted by Crippen LogP contribution is 2.34. The van der Waals surface area contributed by atoms with Gasteiger partial charge in [-0.3, -0.25) is 9.59 Å². The number of hydrogen-bond donors (Lipinski definition) is 0. The third-order valence-corrected chi connectivity index (χ3v) is 6.73. The molecule has 3 aromatic rings. The van der Waals surface area contributed by atoms with Crippen molar-refractivity contribution >= 4 is 62.2 Å². The van der Waals surface area contributed by atoms with E-state index in [2.05, 4.69) is 32.9 Å². The largest absolute Gasteiger partial charge is 0.481 e. The normalized spacial score (nSPS) is 14.1. The second-order valence-corrected chi connectivity index (χ2v) is 9.98. The summed E-state index contributed by atoms with van der Waals surface area (Å²) in [5.74, 6) is 0.632. The monoisotopic (exact) mass is 594 g/mol. The molecule has 1 amide bonds. The molecule has 2 heterocycles. The fraction of sp³-hybridized carbons (Fsp3) is 0.360. The molecule has 11 heteroatoms. The van der Waals surface area contributed by atoms with Crippen LogP contribution in [0, 0.1) is 0 Å². The Hall–Kier alpha value is -2.46. The Kier molecular flexibility index (Phi) is 9.00. The summed E-state index contributed by atoms with van der Waals surface area (Å²) < 4.78 is 13.0. The van der Waals surface area contributed by atoms with Gasteiger partial charge in [0.1, 0.15) is 5.82 Å². The molecule has 0 N–H and O–H groups in total. The van der Waals surface area contributed by atoms with Gasteiger partial charge >= 0.3 is 0 Å². The summed E-state index contributed by atoms with van der Waals surface area (Å²) in [6.07, 6.45) is 3.94. The number of aryl methyl sites for hydroxylation is 1. The first kappa shape index (κ1) is 26.6. The van der Waals surface area contributed by atoms with E-state index in [9.17, 15) is 9.59 Å². The number of carbonyl (C=O) groups is 1. The summed E-state index contributed by atoms with van der Waals surface area (Å²) in [5.41, 5.74) is 0.932. The van der Waals surface area contributed by atoms with Crippen LogP contribution >= 0.6 is 39.1 Å². The van der Waals surface area contributed by atoms with Gasteiger partial charge in [0.25, 0.3) is 11.5 Å². The number of halogens is 3. The molecule has 36 heavy (non-hydrogen) atoms. The zero-order chi connectivity index (χ0) is 25.7. The molecule has 8 nitrogen and oxygen atoms in total. The van der Waals surface area contributed by atoms with E-state index in [0.717, 1.165) is 17.3 Å². The summed E-state index contributed by atoms with van der Waals surface area (Å²) in [6.45, 7) is 3.97. The van der Waals surface area contributed by atoms with Gasteiger partial charge in [-0.15, -0.1) is 0 Å². The molecule has 1 fully saturated rings. The zero-order valence-electron chi connectivity index (χ0n) is 19.7. The summed E-state index contributed by atoms with van der Waals surface area (Å²) in [6, 6.07) is 8.64. The maximum Gasteiger partial charge on any atom is 0.282 e. The van der Waals surface area contributed by atoms with Crippen LogP contribution in [0.4, 0.5) is 0 Å². The van der Waals surface area contributed by atoms with Crippen LogP contribution in [0.1, 0.15) is 31.2 Å². The van der Waals surface area contributed by atoms with E-state index in [0.29, 0.717) is 55.0 Å². The van der Waals surface area contributed by atoms with Crippen molar-refractivity contribution in [3.05, 3.63) is 66.6 Å². The minimum Gasteiger partial charge on any atom is -0.481 e. The van der Waals surface area contributed by atoms with Crippen LogP contribution in [0.2, 0.25) is 10.0 Å². The van der Waals surface area contributed by atoms with E-state index in [-0.39, 0.29) is 33.9 Å². The van der Waals surface area contributed by atoms with Crippen molar-refractivity contribution in [3.63, 3.8) is 0 Å². The number of ether oxygens (including phenoxy) is 2. The molecular formula is C25H25BrCl2N4O4. The van der Waals surface area contributed by atoms with Crippen LogP contribution in [0.15, 0.2) is 44.7 Å². The summed E-state index contributed by atoms with van der Waals surface area (Å²) >= 11 is 16.2. The molecule has 0 atom stereocenters. The second-order valence-electron chi connectivity index (χ2n) is 8.25. The fourth-order valence-electron chi connectivity index (χ4n) is 3.76. The van der Waals surface area contributed by atoms with E-state index in [1.54, 1.807) is 23.1 Å². The van der Waals surface area contributed by atoms with Crippen molar-refractivity contribution in [1.29, 1.82) is 0 Å². The van der Waals surface area contributed by atoms with Crippen molar-refractivity contribution in [2.75, 3.05) is 32.9 Å². The van der Waals surface area contributed by atoms with Crippen molar-refractivity contribution < 1.29 is 14.3 Å². The summed E-state index contributed by atoms with van der Waals surface area (Å²) in [4.78, 5) is 31.9. The molecule has 1 aromatic heterocycles. The zero-order valence-corrected chi connectivity index (χ0v) is 22.8. The number of amides is 1. The first-order chi connectivity index (χ1) is 17.4. The smallest absolute Gasteiger partial charge is 0.282 e. The molecule has 0 radical (unpaired) electrons. The molecule has 0 unspecified atom stereocenters. The van der Waals surface area contributed by atoms with Crippen LogP contribution in [0.5, 0.6) is 5.75 Å². The lowest BCUT2D eigenvalue weighted by molar-refractivity contribution is -0.137. The number of hydrogen-bond acceptors (Lipinski definition) is 6. The molecular weight excluding hydrogens is 571 g/mol. The average Bonchev–Trinajstić information content (AvgIpc) is 2.87. The Morgan fingerprint density at radius 1 is 1.22 bits per heavy atom. The average molecular weight is 596 g/mol. The molecule has 1 aliphatic heterocycles. The second kappa shape index (κ2) is 12.2. The topological polar surface area (TPSA) is 86.0 Å². The van der Waals surface area contributed by atoms with Gasteiger partial charge in [0.05, 0.1) is 40.4 Å². The number of unbranched alkanes of at least 4 members (excludes halogenated alkanes) is 1. The molecule has 0 saturated carbocycles. The maximum atomic E-state index is 13.2. The van der Waals surface area contributed by atoms with E-state index < -0.39 is 0 Å². The summed E-state index contributed by atoms with van der Waals surface area (Å²) in [7, 11) is 0. The first-order valence-corrected chi connectivity index (χ1v) is 13.1. The van der Waals surface area contributed by atoms with Gasteiger partial charge in [-0.1, -0.05) is 52.5 Å². The van der Waals surface area contributed by atoms with Gasteiger partial charge < -0.3 is 14.4 Å². The number of rotatable bonds is 8. The number of benzene rings is 2. The molecule has 0 bridgehead atoms. The Bertz CT molecular complexity index is 1330. The van der Waals surface area contributed by atoms with Crippen molar-refractivity contribution in [2.45, 2.75) is 26.2 Å². The fourth-order valence-corrected chi connectivity index (χ4v) is 4.74. The minimum absolute atomic E-state index is 0.162. The highest BCUT2D eigenvalue weighted by Gasteiger charge is 2.19. The van der Waals surface area contributed by atoms with Crippen LogP contribution in [-0.2, 0) is 16.0 Å². The van der Waals surface area contributed by atoms with Crippen molar-refractivity contribution in [1.82, 2.24) is 14.6 Å². The molecule has 0 aliphatic carbocycles. The third kappa shape index (κ3) is 6.26. The number of carbonyl (C=O) groups excluding carboxylic acids is 1. The molecule has 2 aromatic carbocycles. The molecule has 1 saturated heterocycles. The van der Waals surface area contributed by atoms with Crippen LogP contribution in [0.25, 0.3) is 10.9 Å². The first-order valence-electron chi connectivity index (χ1n) is 11.6. The maximum absolute atomic E-state index is 13.2. The predicted molar refractivity (Wildman–Crippen MR) is 145 cm³/mol. The Balaban J connectivity index is 1.58. The van der Waals surface area contributed by atoms with E-state index in [1.807, 2.05) is 12.1 Å². The van der Waals surface area contributed by atoms with Gasteiger partial charge in [0.2, 0.25) is 0 Å². The number of fused-ring (bicyclic) bond motifs is 1. The van der Waals surface area contributed by atoms with Crippen molar-refractivity contribution in [2.24, 2.45) is 5.10 Å². The van der Waals surface area contributed by atoms with Crippen LogP contribution in [0.3, 0.4) is 0 Å². The van der Waals surface area contributed by atoms with Gasteiger partial charge in [0.15, 0.2) is 12.4 Å². The number of aromatic nitrogens is 2. The summed E-state index contributed by atoms with van der Waals surface area (Å²) in [5, 5.41) is 5.36. The van der Waals surface area contributed by atoms with Crippen LogP contribution in [-0.4, -0.2) is 59.6 Å². The van der Waals surface area contributed by atoms with Gasteiger partial charge in [-0.05, 0) is 42.3 Å². The Labute approximate surface area is 226 Å². The van der Waals surface area contributed by atoms with Gasteiger partial charge in [0, 0.05) is 24.0 Å². The lowest BCUT2D eigenvalue weighted by Gasteiger charge is -2.26. The molecule has 190 valence electrons. The highest BCUT2D eigenvalue weighted by atomic mass is 79.9. The van der Waals surface area contributed by atoms with Gasteiger partial charge in [-0.2, -0.15) is 9.78 Å². The number of nitrogens with zero attached hydrogens (tertiary/aromatic N) is 4. The lowest BCUT2D eigenvalue weighted by atomic mass is 10.2. The quantitative estimate of drug-likeness (QED) is 0.345. The molecule has 0 spiro atoms. The van der Waals surface area contributed by atoms with E-state index in [4.69, 9.17) is 32.7 Å². The van der Waals surface area contributed by atoms with E-state index >= 15 is 0 Å².